The van der Waals surface area contributed by atoms with Crippen molar-refractivity contribution in [2.45, 2.75) is 24.5 Å². The number of halogens is 1. The van der Waals surface area contributed by atoms with Crippen LogP contribution in [0.15, 0.2) is 64.2 Å². The maximum atomic E-state index is 13.1. The number of hydrogen-bond donors (Lipinski definition) is 1. The number of ether oxygens (including phenoxy) is 1. The summed E-state index contributed by atoms with van der Waals surface area (Å²) in [7, 11) is 0. The number of hydrazone groups is 1. The second-order valence-electron chi connectivity index (χ2n) is 6.31. The van der Waals surface area contributed by atoms with E-state index in [1.807, 2.05) is 61.5 Å². The Morgan fingerprint density at radius 2 is 1.88 bits per heavy atom. The van der Waals surface area contributed by atoms with Crippen molar-refractivity contribution in [1.29, 1.82) is 0 Å². The molecule has 0 unspecified atom stereocenters. The topological polar surface area (TPSA) is 54.0 Å². The van der Waals surface area contributed by atoms with E-state index in [-0.39, 0.29) is 17.8 Å². The molecule has 2 aromatic rings. The lowest BCUT2D eigenvalue weighted by molar-refractivity contribution is -0.117. The van der Waals surface area contributed by atoms with E-state index in [9.17, 15) is 4.79 Å². The summed E-state index contributed by atoms with van der Waals surface area (Å²) in [5.41, 5.74) is 4.81. The minimum Gasteiger partial charge on any atom is -0.352 e. The van der Waals surface area contributed by atoms with Gasteiger partial charge in [-0.15, -0.1) is 0 Å². The first-order chi connectivity index (χ1) is 11.6. The third-order valence-electron chi connectivity index (χ3n) is 4.69. The molecule has 1 fully saturated rings. The molecule has 2 aliphatic rings. The van der Waals surface area contributed by atoms with Gasteiger partial charge in [-0.1, -0.05) is 58.4 Å². The van der Waals surface area contributed by atoms with Gasteiger partial charge in [0.1, 0.15) is 11.8 Å². The maximum Gasteiger partial charge on any atom is 0.214 e. The molecule has 5 heteroatoms. The third-order valence-corrected chi connectivity index (χ3v) is 5.22. The largest absolute Gasteiger partial charge is 0.352 e. The van der Waals surface area contributed by atoms with Crippen molar-refractivity contribution in [3.63, 3.8) is 0 Å². The highest BCUT2D eigenvalue weighted by Gasteiger charge is 2.61. The SMILES string of the molecule is C[C@]1(C(=O)C2=NNC[C@H]2c2ccc(Br)cc2)O[C@@H]1c1ccccc1. The van der Waals surface area contributed by atoms with E-state index in [4.69, 9.17) is 4.74 Å². The monoisotopic (exact) mass is 384 g/mol. The molecule has 2 aromatic carbocycles. The van der Waals surface area contributed by atoms with Crippen LogP contribution in [0.25, 0.3) is 0 Å². The first-order valence-corrected chi connectivity index (χ1v) is 8.72. The van der Waals surface area contributed by atoms with Crippen molar-refractivity contribution in [2.24, 2.45) is 5.10 Å². The minimum absolute atomic E-state index is 0.0331. The fourth-order valence-corrected chi connectivity index (χ4v) is 3.49. The normalized spacial score (nSPS) is 28.2. The number of nitrogens with zero attached hydrogens (tertiary/aromatic N) is 1. The molecule has 4 nitrogen and oxygen atoms in total. The smallest absolute Gasteiger partial charge is 0.214 e. The van der Waals surface area contributed by atoms with Crippen molar-refractivity contribution in [2.75, 3.05) is 6.54 Å². The van der Waals surface area contributed by atoms with E-state index in [1.54, 1.807) is 0 Å². The summed E-state index contributed by atoms with van der Waals surface area (Å²) in [5, 5.41) is 4.28. The van der Waals surface area contributed by atoms with E-state index < -0.39 is 5.60 Å². The Morgan fingerprint density at radius 3 is 2.58 bits per heavy atom. The summed E-state index contributed by atoms with van der Waals surface area (Å²) in [6.45, 7) is 2.49. The molecule has 0 aliphatic carbocycles. The Morgan fingerprint density at radius 1 is 1.17 bits per heavy atom. The number of epoxide rings is 1. The lowest BCUT2D eigenvalue weighted by Crippen LogP contribution is -2.32. The molecule has 0 radical (unpaired) electrons. The lowest BCUT2D eigenvalue weighted by atomic mass is 9.86. The zero-order valence-electron chi connectivity index (χ0n) is 13.2. The van der Waals surface area contributed by atoms with Gasteiger partial charge in [-0.05, 0) is 30.2 Å². The average Bonchev–Trinajstić information content (AvgIpc) is 3.08. The van der Waals surface area contributed by atoms with Crippen LogP contribution in [-0.2, 0) is 9.53 Å². The summed E-state index contributed by atoms with van der Waals surface area (Å²) in [6, 6.07) is 17.9. The van der Waals surface area contributed by atoms with Crippen LogP contribution in [-0.4, -0.2) is 23.6 Å². The number of benzene rings is 2. The summed E-state index contributed by atoms with van der Waals surface area (Å²) in [4.78, 5) is 13.1. The number of Topliss-reactive ketones (excluding diaryl/α,β-unsaturated/α-hetero) is 1. The molecule has 4 rings (SSSR count). The highest BCUT2D eigenvalue weighted by Crippen LogP contribution is 2.50. The van der Waals surface area contributed by atoms with Crippen LogP contribution in [0.5, 0.6) is 0 Å². The quantitative estimate of drug-likeness (QED) is 0.819. The molecule has 1 saturated heterocycles. The van der Waals surface area contributed by atoms with Gasteiger partial charge < -0.3 is 10.2 Å². The van der Waals surface area contributed by atoms with Crippen molar-refractivity contribution in [3.8, 4) is 0 Å². The molecule has 2 aliphatic heterocycles. The van der Waals surface area contributed by atoms with Crippen LogP contribution < -0.4 is 5.43 Å². The number of carbonyl (C=O) groups is 1. The first-order valence-electron chi connectivity index (χ1n) is 7.93. The van der Waals surface area contributed by atoms with Gasteiger partial charge in [0.25, 0.3) is 0 Å². The fraction of sp³-hybridized carbons (Fsp3) is 0.263. The van der Waals surface area contributed by atoms with E-state index in [1.165, 1.54) is 0 Å². The highest BCUT2D eigenvalue weighted by molar-refractivity contribution is 9.10. The van der Waals surface area contributed by atoms with E-state index in [2.05, 4.69) is 26.5 Å². The standard InChI is InChI=1S/C19H17BrN2O2/c1-19(18(24-19)13-5-3-2-4-6-13)17(23)16-15(11-21-22-16)12-7-9-14(20)10-8-12/h2-10,15,18,21H,11H2,1H3/t15-,18+,19+/m0/s1. The Bertz CT molecular complexity index is 804. The molecule has 24 heavy (non-hydrogen) atoms. The maximum absolute atomic E-state index is 13.1. The van der Waals surface area contributed by atoms with E-state index in [0.29, 0.717) is 12.3 Å². The summed E-state index contributed by atoms with van der Waals surface area (Å²) in [5.74, 6) is -0.0719. The zero-order valence-corrected chi connectivity index (χ0v) is 14.8. The average molecular weight is 385 g/mol. The molecule has 0 saturated carbocycles. The van der Waals surface area contributed by atoms with Gasteiger partial charge in [0.2, 0.25) is 5.78 Å². The third kappa shape index (κ3) is 2.58. The summed E-state index contributed by atoms with van der Waals surface area (Å²) < 4.78 is 6.82. The first kappa shape index (κ1) is 15.5. The van der Waals surface area contributed by atoms with Gasteiger partial charge in [0.15, 0.2) is 5.60 Å². The molecule has 0 bridgehead atoms. The van der Waals surface area contributed by atoms with E-state index >= 15 is 0 Å². The highest BCUT2D eigenvalue weighted by atomic mass is 79.9. The molecular formula is C19H17BrN2O2. The molecule has 0 aromatic heterocycles. The second kappa shape index (κ2) is 5.83. The summed E-state index contributed by atoms with van der Waals surface area (Å²) in [6.07, 6.45) is -0.194. The molecule has 1 N–H and O–H groups in total. The molecule has 3 atom stereocenters. The van der Waals surface area contributed by atoms with Crippen LogP contribution in [0.1, 0.15) is 30.1 Å². The summed E-state index contributed by atoms with van der Waals surface area (Å²) >= 11 is 3.44. The number of nitrogens with one attached hydrogen (secondary N) is 1. The van der Waals surface area contributed by atoms with Gasteiger partial charge in [-0.2, -0.15) is 5.10 Å². The Labute approximate surface area is 149 Å². The molecule has 122 valence electrons. The second-order valence-corrected chi connectivity index (χ2v) is 7.22. The minimum atomic E-state index is -0.820. The Balaban J connectivity index is 1.57. The van der Waals surface area contributed by atoms with Crippen molar-refractivity contribution >= 4 is 27.4 Å². The predicted molar refractivity (Wildman–Crippen MR) is 96.0 cm³/mol. The Hall–Kier alpha value is -1.98. The van der Waals surface area contributed by atoms with Gasteiger partial charge in [0, 0.05) is 11.0 Å². The van der Waals surface area contributed by atoms with Gasteiger partial charge in [-0.25, -0.2) is 0 Å². The number of hydrogen-bond acceptors (Lipinski definition) is 4. The predicted octanol–water partition coefficient (Wildman–Crippen LogP) is 3.59. The number of carbonyl (C=O) groups excluding carboxylic acids is 1. The van der Waals surface area contributed by atoms with Gasteiger partial charge in [0.05, 0.1) is 5.92 Å². The van der Waals surface area contributed by atoms with Gasteiger partial charge >= 0.3 is 0 Å². The van der Waals surface area contributed by atoms with Crippen LogP contribution in [0, 0.1) is 0 Å². The van der Waals surface area contributed by atoms with Crippen molar-refractivity contribution in [1.82, 2.24) is 5.43 Å². The van der Waals surface area contributed by atoms with Crippen molar-refractivity contribution in [3.05, 3.63) is 70.2 Å². The fourth-order valence-electron chi connectivity index (χ4n) is 3.23. The van der Waals surface area contributed by atoms with Crippen molar-refractivity contribution < 1.29 is 9.53 Å². The van der Waals surface area contributed by atoms with Crippen LogP contribution in [0.2, 0.25) is 0 Å². The Kier molecular flexibility index (Phi) is 3.77. The molecule has 2 heterocycles. The zero-order chi connectivity index (χ0) is 16.7. The number of ketones is 1. The molecule has 0 amide bonds. The molecular weight excluding hydrogens is 368 g/mol. The van der Waals surface area contributed by atoms with E-state index in [0.717, 1.165) is 15.6 Å². The molecule has 0 spiro atoms. The lowest BCUT2D eigenvalue weighted by Gasteiger charge is -2.13. The number of rotatable bonds is 4. The van der Waals surface area contributed by atoms with Crippen LogP contribution in [0.4, 0.5) is 0 Å². The van der Waals surface area contributed by atoms with Crippen LogP contribution >= 0.6 is 15.9 Å². The van der Waals surface area contributed by atoms with Gasteiger partial charge in [-0.3, -0.25) is 4.79 Å². The van der Waals surface area contributed by atoms with Crippen LogP contribution in [0.3, 0.4) is 0 Å².